The molecule has 0 unspecified atom stereocenters. The summed E-state index contributed by atoms with van der Waals surface area (Å²) in [5, 5.41) is 24.2. The molecule has 0 saturated heterocycles. The second-order valence-corrected chi connectivity index (χ2v) is 7.72. The van der Waals surface area contributed by atoms with Crippen molar-refractivity contribution in [3.63, 3.8) is 0 Å². The standard InChI is InChI=1S/C20H16N4O4S/c21-29(26,27)15-11-9-13(10-12-15)23-24-19-18-16(22-20(19)25)7-4-8-17(18)28-14-5-2-1-3-6-14/h1-12,22,25H,(H2,21,26,27). The smallest absolute Gasteiger partial charge is 0.238 e. The molecule has 0 saturated carbocycles. The SMILES string of the molecule is NS(=O)(=O)c1ccc(N=Nc2c(O)[nH]c3cccc(Oc4ccccc4)c23)cc1. The van der Waals surface area contributed by atoms with Gasteiger partial charge in [-0.3, -0.25) is 0 Å². The molecule has 0 atom stereocenters. The maximum absolute atomic E-state index is 11.3. The first kappa shape index (κ1) is 18.7. The van der Waals surface area contributed by atoms with E-state index in [0.29, 0.717) is 28.1 Å². The highest BCUT2D eigenvalue weighted by molar-refractivity contribution is 7.89. The number of para-hydroxylation sites is 1. The number of aromatic nitrogens is 1. The predicted octanol–water partition coefficient (Wildman–Crippen LogP) is 4.73. The number of aromatic amines is 1. The fourth-order valence-corrected chi connectivity index (χ4v) is 3.31. The van der Waals surface area contributed by atoms with E-state index in [1.165, 1.54) is 24.3 Å². The number of primary sulfonamides is 1. The van der Waals surface area contributed by atoms with Gasteiger partial charge in [0, 0.05) is 0 Å². The van der Waals surface area contributed by atoms with Gasteiger partial charge < -0.3 is 14.8 Å². The monoisotopic (exact) mass is 408 g/mol. The number of nitrogens with two attached hydrogens (primary N) is 1. The van der Waals surface area contributed by atoms with Gasteiger partial charge in [-0.05, 0) is 48.5 Å². The number of azo groups is 1. The molecule has 146 valence electrons. The van der Waals surface area contributed by atoms with Gasteiger partial charge in [-0.1, -0.05) is 24.3 Å². The second kappa shape index (κ2) is 7.38. The number of fused-ring (bicyclic) bond motifs is 1. The number of H-pyrrole nitrogens is 1. The van der Waals surface area contributed by atoms with Crippen molar-refractivity contribution in [2.75, 3.05) is 0 Å². The molecular weight excluding hydrogens is 392 g/mol. The van der Waals surface area contributed by atoms with E-state index in [4.69, 9.17) is 9.88 Å². The number of nitrogens with one attached hydrogen (secondary N) is 1. The summed E-state index contributed by atoms with van der Waals surface area (Å²) in [7, 11) is -3.78. The Morgan fingerprint density at radius 3 is 2.31 bits per heavy atom. The fraction of sp³-hybridized carbons (Fsp3) is 0. The molecule has 0 fully saturated rings. The summed E-state index contributed by atoms with van der Waals surface area (Å²) in [6, 6.07) is 20.2. The van der Waals surface area contributed by atoms with Crippen molar-refractivity contribution in [1.29, 1.82) is 0 Å². The Morgan fingerprint density at radius 1 is 0.897 bits per heavy atom. The summed E-state index contributed by atoms with van der Waals surface area (Å²) in [5.41, 5.74) is 1.24. The van der Waals surface area contributed by atoms with Crippen LogP contribution in [0.1, 0.15) is 0 Å². The first-order chi connectivity index (χ1) is 13.9. The van der Waals surface area contributed by atoms with Crippen LogP contribution in [0.25, 0.3) is 10.9 Å². The normalized spacial score (nSPS) is 11.9. The van der Waals surface area contributed by atoms with Gasteiger partial charge in [0.05, 0.1) is 21.5 Å². The molecule has 8 nitrogen and oxygen atoms in total. The van der Waals surface area contributed by atoms with Crippen LogP contribution < -0.4 is 9.88 Å². The van der Waals surface area contributed by atoms with E-state index in [2.05, 4.69) is 15.2 Å². The summed E-state index contributed by atoms with van der Waals surface area (Å²) in [4.78, 5) is 2.82. The highest BCUT2D eigenvalue weighted by atomic mass is 32.2. The second-order valence-electron chi connectivity index (χ2n) is 6.15. The summed E-state index contributed by atoms with van der Waals surface area (Å²) in [6.07, 6.45) is 0. The Labute approximate surface area is 166 Å². The van der Waals surface area contributed by atoms with Crippen molar-refractivity contribution in [3.8, 4) is 17.4 Å². The zero-order valence-corrected chi connectivity index (χ0v) is 15.8. The van der Waals surface area contributed by atoms with Crippen molar-refractivity contribution in [2.24, 2.45) is 15.4 Å². The number of hydrogen-bond acceptors (Lipinski definition) is 6. The van der Waals surface area contributed by atoms with Gasteiger partial charge in [-0.2, -0.15) is 5.11 Å². The molecule has 4 rings (SSSR count). The lowest BCUT2D eigenvalue weighted by molar-refractivity contribution is 0.459. The zero-order chi connectivity index (χ0) is 20.4. The molecule has 0 aliphatic rings. The number of rotatable bonds is 5. The predicted molar refractivity (Wildman–Crippen MR) is 108 cm³/mol. The number of benzene rings is 3. The maximum atomic E-state index is 11.3. The van der Waals surface area contributed by atoms with Gasteiger partial charge in [0.2, 0.25) is 15.9 Å². The van der Waals surface area contributed by atoms with Crippen LogP contribution in [0.15, 0.2) is 87.9 Å². The van der Waals surface area contributed by atoms with Crippen molar-refractivity contribution in [3.05, 3.63) is 72.8 Å². The van der Waals surface area contributed by atoms with Crippen LogP contribution in [-0.2, 0) is 10.0 Å². The third-order valence-electron chi connectivity index (χ3n) is 4.14. The van der Waals surface area contributed by atoms with Gasteiger partial charge in [0.15, 0.2) is 5.69 Å². The lowest BCUT2D eigenvalue weighted by Crippen LogP contribution is -2.11. The van der Waals surface area contributed by atoms with Crippen molar-refractivity contribution >= 4 is 32.3 Å². The zero-order valence-electron chi connectivity index (χ0n) is 15.0. The largest absolute Gasteiger partial charge is 0.493 e. The average molecular weight is 408 g/mol. The molecule has 1 heterocycles. The Bertz CT molecular complexity index is 1300. The molecule has 0 spiro atoms. The first-order valence-electron chi connectivity index (χ1n) is 8.53. The number of ether oxygens (including phenoxy) is 1. The van der Waals surface area contributed by atoms with Gasteiger partial charge in [0.1, 0.15) is 11.5 Å². The third-order valence-corrected chi connectivity index (χ3v) is 5.07. The number of nitrogens with zero attached hydrogens (tertiary/aromatic N) is 2. The lowest BCUT2D eigenvalue weighted by Gasteiger charge is -2.07. The van der Waals surface area contributed by atoms with Crippen LogP contribution in [-0.4, -0.2) is 18.5 Å². The summed E-state index contributed by atoms with van der Waals surface area (Å²) < 4.78 is 28.6. The number of sulfonamides is 1. The van der Waals surface area contributed by atoms with E-state index in [-0.39, 0.29) is 16.5 Å². The number of hydrogen-bond donors (Lipinski definition) is 3. The Balaban J connectivity index is 1.72. The molecule has 0 amide bonds. The lowest BCUT2D eigenvalue weighted by atomic mass is 10.2. The van der Waals surface area contributed by atoms with E-state index >= 15 is 0 Å². The third kappa shape index (κ3) is 3.96. The van der Waals surface area contributed by atoms with Gasteiger partial charge in [0.25, 0.3) is 0 Å². The van der Waals surface area contributed by atoms with Crippen LogP contribution in [0, 0.1) is 0 Å². The van der Waals surface area contributed by atoms with Crippen LogP contribution in [0.3, 0.4) is 0 Å². The Kier molecular flexibility index (Phi) is 4.75. The van der Waals surface area contributed by atoms with Gasteiger partial charge in [-0.15, -0.1) is 5.11 Å². The fourth-order valence-electron chi connectivity index (χ4n) is 2.79. The first-order valence-corrected chi connectivity index (χ1v) is 10.1. The Hall–Kier alpha value is -3.69. The Morgan fingerprint density at radius 2 is 1.62 bits per heavy atom. The summed E-state index contributed by atoms with van der Waals surface area (Å²) in [5.74, 6) is 0.986. The van der Waals surface area contributed by atoms with E-state index < -0.39 is 10.0 Å². The van der Waals surface area contributed by atoms with Crippen LogP contribution in [0.4, 0.5) is 11.4 Å². The molecule has 9 heteroatoms. The van der Waals surface area contributed by atoms with Gasteiger partial charge in [-0.25, -0.2) is 13.6 Å². The van der Waals surface area contributed by atoms with E-state index in [1.54, 1.807) is 18.2 Å². The molecule has 0 aliphatic heterocycles. The van der Waals surface area contributed by atoms with Crippen molar-refractivity contribution < 1.29 is 18.3 Å². The molecule has 4 N–H and O–H groups in total. The molecule has 1 aromatic heterocycles. The van der Waals surface area contributed by atoms with Gasteiger partial charge >= 0.3 is 0 Å². The maximum Gasteiger partial charge on any atom is 0.238 e. The molecular formula is C20H16N4O4S. The highest BCUT2D eigenvalue weighted by Crippen LogP contribution is 2.42. The van der Waals surface area contributed by atoms with Crippen LogP contribution in [0.2, 0.25) is 0 Å². The minimum atomic E-state index is -3.78. The quantitative estimate of drug-likeness (QED) is 0.412. The average Bonchev–Trinajstić information content (AvgIpc) is 3.03. The van der Waals surface area contributed by atoms with Crippen molar-refractivity contribution in [2.45, 2.75) is 4.90 Å². The molecule has 3 aromatic carbocycles. The summed E-state index contributed by atoms with van der Waals surface area (Å²) in [6.45, 7) is 0. The van der Waals surface area contributed by atoms with E-state index in [1.807, 2.05) is 30.3 Å². The molecule has 0 bridgehead atoms. The topological polar surface area (TPSA) is 130 Å². The van der Waals surface area contributed by atoms with E-state index in [9.17, 15) is 13.5 Å². The molecule has 29 heavy (non-hydrogen) atoms. The molecule has 0 radical (unpaired) electrons. The minimum absolute atomic E-state index is 0.0232. The summed E-state index contributed by atoms with van der Waals surface area (Å²) >= 11 is 0. The highest BCUT2D eigenvalue weighted by Gasteiger charge is 2.16. The van der Waals surface area contributed by atoms with Crippen LogP contribution >= 0.6 is 0 Å². The molecule has 4 aromatic rings. The van der Waals surface area contributed by atoms with Crippen LogP contribution in [0.5, 0.6) is 17.4 Å². The van der Waals surface area contributed by atoms with E-state index in [0.717, 1.165) is 0 Å². The molecule has 0 aliphatic carbocycles. The van der Waals surface area contributed by atoms with Crippen molar-refractivity contribution in [1.82, 2.24) is 4.98 Å². The minimum Gasteiger partial charge on any atom is -0.493 e. The number of aromatic hydroxyl groups is 1.